The third-order valence-electron chi connectivity index (χ3n) is 4.58. The summed E-state index contributed by atoms with van der Waals surface area (Å²) in [4.78, 5) is 28.9. The van der Waals surface area contributed by atoms with Crippen molar-refractivity contribution >= 4 is 17.5 Å². The first-order valence-corrected chi connectivity index (χ1v) is 8.48. The molecule has 1 aliphatic carbocycles. The van der Waals surface area contributed by atoms with Crippen LogP contribution in [0.3, 0.4) is 0 Å². The van der Waals surface area contributed by atoms with Crippen LogP contribution in [0.15, 0.2) is 24.5 Å². The Labute approximate surface area is 138 Å². The van der Waals surface area contributed by atoms with Crippen molar-refractivity contribution in [3.63, 3.8) is 0 Å². The molecule has 23 heavy (non-hydrogen) atoms. The molecule has 5 heteroatoms. The number of anilines is 1. The second-order valence-electron chi connectivity index (χ2n) is 6.91. The summed E-state index contributed by atoms with van der Waals surface area (Å²) in [6.45, 7) is 6.12. The Morgan fingerprint density at radius 3 is 2.30 bits per heavy atom. The molecule has 2 rings (SSSR count). The first kappa shape index (κ1) is 17.4. The second kappa shape index (κ2) is 8.09. The molecule has 0 spiro atoms. The minimum atomic E-state index is -0.519. The number of amides is 2. The zero-order chi connectivity index (χ0) is 16.8. The average Bonchev–Trinajstić information content (AvgIpc) is 2.53. The van der Waals surface area contributed by atoms with Crippen LogP contribution in [0.5, 0.6) is 0 Å². The first-order chi connectivity index (χ1) is 11.0. The molecule has 5 nitrogen and oxygen atoms in total. The Hall–Kier alpha value is -1.91. The Balaban J connectivity index is 1.95. The fourth-order valence-corrected chi connectivity index (χ4v) is 2.98. The highest BCUT2D eigenvalue weighted by molar-refractivity contribution is 5.97. The van der Waals surface area contributed by atoms with Crippen molar-refractivity contribution in [2.75, 3.05) is 5.32 Å². The van der Waals surface area contributed by atoms with Gasteiger partial charge in [0, 0.05) is 24.0 Å². The molecular weight excluding hydrogens is 290 g/mol. The third kappa shape index (κ3) is 5.05. The van der Waals surface area contributed by atoms with Gasteiger partial charge in [0.2, 0.25) is 11.8 Å². The van der Waals surface area contributed by atoms with Gasteiger partial charge in [-0.25, -0.2) is 0 Å². The maximum absolute atomic E-state index is 12.5. The van der Waals surface area contributed by atoms with Gasteiger partial charge in [0.25, 0.3) is 0 Å². The number of carbonyl (C=O) groups excluding carboxylic acids is 2. The number of rotatable bonds is 5. The standard InChI is InChI=1S/C18H27N3O2/c1-12(2)16(18(23)20-15-8-10-19-11-9-15)21-17(22)14-6-4-13(3)5-7-14/h8-14,16H,4-7H2,1-3H3,(H,21,22)(H,19,20,23)/t13?,14?,16-/m1/s1. The fraction of sp³-hybridized carbons (Fsp3) is 0.611. The van der Waals surface area contributed by atoms with Gasteiger partial charge in [-0.15, -0.1) is 0 Å². The molecule has 0 aliphatic heterocycles. The number of hydrogen-bond donors (Lipinski definition) is 2. The first-order valence-electron chi connectivity index (χ1n) is 8.48. The van der Waals surface area contributed by atoms with Gasteiger partial charge in [0.1, 0.15) is 6.04 Å². The maximum Gasteiger partial charge on any atom is 0.247 e. The van der Waals surface area contributed by atoms with Crippen LogP contribution in [0.1, 0.15) is 46.5 Å². The largest absolute Gasteiger partial charge is 0.344 e. The van der Waals surface area contributed by atoms with Crippen LogP contribution in [0, 0.1) is 17.8 Å². The van der Waals surface area contributed by atoms with E-state index in [1.165, 1.54) is 0 Å². The zero-order valence-electron chi connectivity index (χ0n) is 14.2. The zero-order valence-corrected chi connectivity index (χ0v) is 14.2. The van der Waals surface area contributed by atoms with Crippen LogP contribution in [0.2, 0.25) is 0 Å². The molecule has 0 unspecified atom stereocenters. The van der Waals surface area contributed by atoms with Crippen LogP contribution in [0.25, 0.3) is 0 Å². The maximum atomic E-state index is 12.5. The third-order valence-corrected chi connectivity index (χ3v) is 4.58. The lowest BCUT2D eigenvalue weighted by molar-refractivity contribution is -0.131. The number of carbonyl (C=O) groups is 2. The summed E-state index contributed by atoms with van der Waals surface area (Å²) in [6.07, 6.45) is 7.28. The van der Waals surface area contributed by atoms with Crippen LogP contribution >= 0.6 is 0 Å². The van der Waals surface area contributed by atoms with E-state index in [-0.39, 0.29) is 23.7 Å². The highest BCUT2D eigenvalue weighted by atomic mass is 16.2. The molecule has 1 heterocycles. The monoisotopic (exact) mass is 317 g/mol. The Bertz CT molecular complexity index is 522. The lowest BCUT2D eigenvalue weighted by Gasteiger charge is -2.28. The van der Waals surface area contributed by atoms with E-state index in [2.05, 4.69) is 22.5 Å². The number of nitrogens with one attached hydrogen (secondary N) is 2. The fourth-order valence-electron chi connectivity index (χ4n) is 2.98. The van der Waals surface area contributed by atoms with Gasteiger partial charge >= 0.3 is 0 Å². The van der Waals surface area contributed by atoms with E-state index in [9.17, 15) is 9.59 Å². The van der Waals surface area contributed by atoms with E-state index < -0.39 is 6.04 Å². The summed E-state index contributed by atoms with van der Waals surface area (Å²) in [5, 5.41) is 5.80. The Kier molecular flexibility index (Phi) is 6.13. The van der Waals surface area contributed by atoms with Gasteiger partial charge in [-0.05, 0) is 49.7 Å². The van der Waals surface area contributed by atoms with Crippen LogP contribution in [-0.2, 0) is 9.59 Å². The molecule has 2 amide bonds. The van der Waals surface area contributed by atoms with Crippen molar-refractivity contribution < 1.29 is 9.59 Å². The topological polar surface area (TPSA) is 71.1 Å². The Morgan fingerprint density at radius 2 is 1.74 bits per heavy atom. The number of nitrogens with zero attached hydrogens (tertiary/aromatic N) is 1. The van der Waals surface area contributed by atoms with Gasteiger partial charge in [-0.1, -0.05) is 20.8 Å². The number of aromatic nitrogens is 1. The van der Waals surface area contributed by atoms with E-state index in [4.69, 9.17) is 0 Å². The summed E-state index contributed by atoms with van der Waals surface area (Å²) in [6, 6.07) is 2.95. The SMILES string of the molecule is CC1CCC(C(=O)N[C@@H](C(=O)Nc2ccncc2)C(C)C)CC1. The van der Waals surface area contributed by atoms with E-state index in [1.54, 1.807) is 24.5 Å². The summed E-state index contributed by atoms with van der Waals surface area (Å²) >= 11 is 0. The van der Waals surface area contributed by atoms with E-state index >= 15 is 0 Å². The molecule has 126 valence electrons. The minimum absolute atomic E-state index is 0.0143. The van der Waals surface area contributed by atoms with Crippen LogP contribution < -0.4 is 10.6 Å². The summed E-state index contributed by atoms with van der Waals surface area (Å²) in [5.74, 6) is 0.614. The molecular formula is C18H27N3O2. The van der Waals surface area contributed by atoms with Gasteiger partial charge < -0.3 is 10.6 Å². The molecule has 0 aromatic carbocycles. The number of pyridine rings is 1. The van der Waals surface area contributed by atoms with Crippen molar-refractivity contribution in [1.82, 2.24) is 10.3 Å². The molecule has 2 N–H and O–H groups in total. The highest BCUT2D eigenvalue weighted by Crippen LogP contribution is 2.28. The molecule has 1 atom stereocenters. The predicted octanol–water partition coefficient (Wildman–Crippen LogP) is 2.99. The van der Waals surface area contributed by atoms with Crippen molar-refractivity contribution in [3.8, 4) is 0 Å². The number of hydrogen-bond acceptors (Lipinski definition) is 3. The molecule has 0 bridgehead atoms. The lowest BCUT2D eigenvalue weighted by atomic mass is 9.82. The van der Waals surface area contributed by atoms with Crippen molar-refractivity contribution in [1.29, 1.82) is 0 Å². The van der Waals surface area contributed by atoms with Crippen LogP contribution in [-0.4, -0.2) is 22.8 Å². The summed E-state index contributed by atoms with van der Waals surface area (Å²) in [5.41, 5.74) is 0.691. The van der Waals surface area contributed by atoms with Crippen molar-refractivity contribution in [3.05, 3.63) is 24.5 Å². The summed E-state index contributed by atoms with van der Waals surface area (Å²) in [7, 11) is 0. The molecule has 0 radical (unpaired) electrons. The predicted molar refractivity (Wildman–Crippen MR) is 90.8 cm³/mol. The molecule has 1 fully saturated rings. The Morgan fingerprint density at radius 1 is 1.13 bits per heavy atom. The van der Waals surface area contributed by atoms with Gasteiger partial charge in [0.05, 0.1) is 0 Å². The summed E-state index contributed by atoms with van der Waals surface area (Å²) < 4.78 is 0. The normalized spacial score (nSPS) is 22.4. The van der Waals surface area contributed by atoms with Crippen molar-refractivity contribution in [2.24, 2.45) is 17.8 Å². The van der Waals surface area contributed by atoms with Crippen molar-refractivity contribution in [2.45, 2.75) is 52.5 Å². The molecule has 1 aliphatic rings. The minimum Gasteiger partial charge on any atom is -0.344 e. The van der Waals surface area contributed by atoms with E-state index in [0.717, 1.165) is 25.7 Å². The molecule has 1 aromatic heterocycles. The van der Waals surface area contributed by atoms with Gasteiger partial charge in [-0.2, -0.15) is 0 Å². The van der Waals surface area contributed by atoms with Gasteiger partial charge in [-0.3, -0.25) is 14.6 Å². The highest BCUT2D eigenvalue weighted by Gasteiger charge is 2.29. The average molecular weight is 317 g/mol. The molecule has 0 saturated heterocycles. The lowest BCUT2D eigenvalue weighted by Crippen LogP contribution is -2.49. The van der Waals surface area contributed by atoms with E-state index in [0.29, 0.717) is 11.6 Å². The molecule has 1 aromatic rings. The second-order valence-corrected chi connectivity index (χ2v) is 6.91. The smallest absolute Gasteiger partial charge is 0.247 e. The van der Waals surface area contributed by atoms with E-state index in [1.807, 2.05) is 13.8 Å². The van der Waals surface area contributed by atoms with Gasteiger partial charge in [0.15, 0.2) is 0 Å². The van der Waals surface area contributed by atoms with Crippen LogP contribution in [0.4, 0.5) is 5.69 Å². The molecule has 1 saturated carbocycles. The quantitative estimate of drug-likeness (QED) is 0.877.